The average molecular weight is 751 g/mol. The molecule has 0 saturated carbocycles. The summed E-state index contributed by atoms with van der Waals surface area (Å²) >= 11 is 0. The topological polar surface area (TPSA) is 27.7 Å². The molecular weight excluding hydrogens is 709 g/mol. The van der Waals surface area contributed by atoms with E-state index >= 15 is 0 Å². The van der Waals surface area contributed by atoms with Crippen molar-refractivity contribution in [1.29, 1.82) is 0 Å². The summed E-state index contributed by atoms with van der Waals surface area (Å²) in [6.07, 6.45) is 0. The van der Waals surface area contributed by atoms with Gasteiger partial charge in [0.05, 0.1) is 0 Å². The Labute approximate surface area is 322 Å². The lowest BCUT2D eigenvalue weighted by Gasteiger charge is -2.34. The van der Waals surface area contributed by atoms with Gasteiger partial charge in [-0.3, -0.25) is 0 Å². The molecule has 0 heterocycles. The predicted molar refractivity (Wildman–Crippen MR) is 233 cm³/mol. The van der Waals surface area contributed by atoms with Gasteiger partial charge in [-0.15, -0.1) is 19.7 Å². The summed E-state index contributed by atoms with van der Waals surface area (Å²) in [6.45, 7) is 13.2. The lowest BCUT2D eigenvalue weighted by atomic mass is 10.3. The van der Waals surface area contributed by atoms with E-state index in [1.165, 1.54) is 0 Å². The van der Waals surface area contributed by atoms with Gasteiger partial charge in [-0.2, -0.15) is 0 Å². The Morgan fingerprint density at radius 1 is 0.278 bits per heavy atom. The van der Waals surface area contributed by atoms with E-state index in [0.717, 1.165) is 31.1 Å². The zero-order valence-electron chi connectivity index (χ0n) is 30.1. The van der Waals surface area contributed by atoms with Gasteiger partial charge in [-0.05, 0) is 31.1 Å². The first-order valence-corrected chi connectivity index (χ1v) is 24.0. The summed E-state index contributed by atoms with van der Waals surface area (Å²) in [6, 6.07) is 68.2. The van der Waals surface area contributed by atoms with Crippen molar-refractivity contribution in [3.8, 4) is 17.2 Å². The zero-order chi connectivity index (χ0) is 37.3. The molecule has 0 amide bonds. The molecule has 0 aliphatic rings. The van der Waals surface area contributed by atoms with E-state index in [1.807, 2.05) is 71.7 Å². The summed E-state index contributed by atoms with van der Waals surface area (Å²) in [5, 5.41) is 6.45. The molecule has 0 radical (unpaired) electrons. The van der Waals surface area contributed by atoms with Crippen LogP contribution >= 0.6 is 0 Å². The molecule has 0 N–H and O–H groups in total. The van der Waals surface area contributed by atoms with Crippen LogP contribution in [0.5, 0.6) is 17.2 Å². The van der Waals surface area contributed by atoms with Gasteiger partial charge in [-0.25, -0.2) is 0 Å². The number of benzene rings is 7. The summed E-state index contributed by atoms with van der Waals surface area (Å²) in [5.74, 6) is 1.84. The molecule has 7 aromatic rings. The highest BCUT2D eigenvalue weighted by Crippen LogP contribution is 2.33. The lowest BCUT2D eigenvalue weighted by molar-refractivity contribution is 0.526. The molecule has 7 rings (SSSR count). The average Bonchev–Trinajstić information content (AvgIpc) is 3.26. The van der Waals surface area contributed by atoms with Crippen molar-refractivity contribution < 1.29 is 13.3 Å². The maximum Gasteiger partial charge on any atom is 0.339 e. The third-order valence-corrected chi connectivity index (χ3v) is 20.3. The molecule has 7 aromatic carbocycles. The Morgan fingerprint density at radius 2 is 0.444 bits per heavy atom. The van der Waals surface area contributed by atoms with E-state index < -0.39 is 25.0 Å². The first-order valence-electron chi connectivity index (χ1n) is 18.0. The maximum absolute atomic E-state index is 7.36. The summed E-state index contributed by atoms with van der Waals surface area (Å²) in [7, 11) is -9.19. The van der Waals surface area contributed by atoms with Crippen molar-refractivity contribution in [1.82, 2.24) is 0 Å². The van der Waals surface area contributed by atoms with E-state index in [0.29, 0.717) is 17.2 Å². The largest absolute Gasteiger partial charge is 0.531 e. The molecule has 0 bridgehead atoms. The number of hydrogen-bond acceptors (Lipinski definition) is 3. The van der Waals surface area contributed by atoms with E-state index in [9.17, 15) is 0 Å². The van der Waals surface area contributed by atoms with Gasteiger partial charge in [0, 0.05) is 18.2 Å². The zero-order valence-corrected chi connectivity index (χ0v) is 33.1. The maximum atomic E-state index is 7.36. The Hall–Kier alpha value is -6.19. The SMILES string of the molecule is C=C[Si](Oc1cc(O[Si](C=C)(c2ccccc2)c2ccccc2)cc(O[Si](C=C)(c2ccccc2)c2ccccc2)c1)(c1ccccc1)c1ccccc1. The van der Waals surface area contributed by atoms with Crippen LogP contribution in [-0.2, 0) is 0 Å². The van der Waals surface area contributed by atoms with Crippen LogP contribution in [0.25, 0.3) is 0 Å². The van der Waals surface area contributed by atoms with Crippen molar-refractivity contribution >= 4 is 56.1 Å². The molecule has 0 saturated heterocycles. The number of rotatable bonds is 15. The second kappa shape index (κ2) is 16.2. The first-order chi connectivity index (χ1) is 26.5. The van der Waals surface area contributed by atoms with Crippen LogP contribution in [0.15, 0.2) is 237 Å². The Kier molecular flexibility index (Phi) is 10.9. The Balaban J connectivity index is 1.45. The normalized spacial score (nSPS) is 11.6. The van der Waals surface area contributed by atoms with Gasteiger partial charge >= 0.3 is 25.0 Å². The Morgan fingerprint density at radius 3 is 0.593 bits per heavy atom. The fourth-order valence-corrected chi connectivity index (χ4v) is 16.0. The predicted octanol–water partition coefficient (Wildman–Crippen LogP) is 7.28. The molecule has 0 aliphatic carbocycles. The quantitative estimate of drug-likeness (QED) is 0.103. The van der Waals surface area contributed by atoms with E-state index in [1.54, 1.807) is 0 Å². The highest BCUT2D eigenvalue weighted by molar-refractivity contribution is 7.03. The molecule has 264 valence electrons. The summed E-state index contributed by atoms with van der Waals surface area (Å²) < 4.78 is 22.1. The fraction of sp³-hybridized carbons (Fsp3) is 0. The monoisotopic (exact) mass is 750 g/mol. The summed E-state index contributed by atoms with van der Waals surface area (Å²) in [4.78, 5) is 0. The van der Waals surface area contributed by atoms with Crippen LogP contribution in [0.2, 0.25) is 0 Å². The van der Waals surface area contributed by atoms with Crippen LogP contribution in [0, 0.1) is 0 Å². The Bertz CT molecular complexity index is 1910. The molecule has 0 spiro atoms. The van der Waals surface area contributed by atoms with E-state index in [-0.39, 0.29) is 0 Å². The molecule has 3 nitrogen and oxygen atoms in total. The van der Waals surface area contributed by atoms with Crippen LogP contribution in [0.4, 0.5) is 0 Å². The van der Waals surface area contributed by atoms with Gasteiger partial charge in [0.1, 0.15) is 17.2 Å². The molecule has 54 heavy (non-hydrogen) atoms. The van der Waals surface area contributed by atoms with Gasteiger partial charge in [-0.1, -0.05) is 199 Å². The fourth-order valence-electron chi connectivity index (χ4n) is 7.08. The van der Waals surface area contributed by atoms with Crippen LogP contribution in [0.1, 0.15) is 0 Å². The summed E-state index contributed by atoms with van der Waals surface area (Å²) in [5.41, 5.74) is 6.00. The first kappa shape index (κ1) is 36.2. The highest BCUT2D eigenvalue weighted by atomic mass is 28.4. The van der Waals surface area contributed by atoms with Crippen molar-refractivity contribution in [2.75, 3.05) is 0 Å². The van der Waals surface area contributed by atoms with Crippen LogP contribution in [0.3, 0.4) is 0 Å². The van der Waals surface area contributed by atoms with Gasteiger partial charge < -0.3 is 13.3 Å². The molecule has 0 unspecified atom stereocenters. The minimum Gasteiger partial charge on any atom is -0.531 e. The second-order valence-electron chi connectivity index (χ2n) is 13.0. The van der Waals surface area contributed by atoms with Crippen LogP contribution < -0.4 is 44.4 Å². The van der Waals surface area contributed by atoms with Gasteiger partial charge in [0.2, 0.25) is 0 Å². The molecule has 0 aliphatic heterocycles. The van der Waals surface area contributed by atoms with Crippen molar-refractivity contribution in [3.05, 3.63) is 237 Å². The van der Waals surface area contributed by atoms with Crippen molar-refractivity contribution in [2.24, 2.45) is 0 Å². The second-order valence-corrected chi connectivity index (χ2v) is 22.7. The van der Waals surface area contributed by atoms with Crippen molar-refractivity contribution in [3.63, 3.8) is 0 Å². The minimum absolute atomic E-state index is 0.614. The standard InChI is InChI=1S/C48H42O3Si3/c1-4-52(43-25-13-7-14-26-43,44-27-15-8-16-28-44)49-40-37-41(50-53(5-2,45-29-17-9-18-30-45)46-31-19-10-20-32-46)39-42(38-40)51-54(6-3,47-33-21-11-22-34-47)48-35-23-12-24-36-48/h4-39H,1-3H2. The third-order valence-electron chi connectivity index (χ3n) is 9.77. The minimum atomic E-state index is -3.06. The molecular formula is C48H42O3Si3. The molecule has 0 atom stereocenters. The van der Waals surface area contributed by atoms with E-state index in [2.05, 4.69) is 165 Å². The molecule has 0 fully saturated rings. The lowest BCUT2D eigenvalue weighted by Crippen LogP contribution is -2.63. The third kappa shape index (κ3) is 7.10. The van der Waals surface area contributed by atoms with Gasteiger partial charge in [0.25, 0.3) is 0 Å². The van der Waals surface area contributed by atoms with Crippen molar-refractivity contribution in [2.45, 2.75) is 0 Å². The van der Waals surface area contributed by atoms with Crippen LogP contribution in [-0.4, -0.2) is 25.0 Å². The van der Waals surface area contributed by atoms with E-state index in [4.69, 9.17) is 13.3 Å². The molecule has 6 heteroatoms. The smallest absolute Gasteiger partial charge is 0.339 e. The number of hydrogen-bond donors (Lipinski definition) is 0. The highest BCUT2D eigenvalue weighted by Gasteiger charge is 2.42. The van der Waals surface area contributed by atoms with Gasteiger partial charge in [0.15, 0.2) is 0 Å². The molecule has 0 aromatic heterocycles.